The first-order chi connectivity index (χ1) is 9.74. The van der Waals surface area contributed by atoms with Crippen molar-refractivity contribution in [1.29, 1.82) is 0 Å². The first-order valence-electron chi connectivity index (χ1n) is 7.70. The first-order valence-corrected chi connectivity index (χ1v) is 7.70. The van der Waals surface area contributed by atoms with Crippen molar-refractivity contribution in [3.05, 3.63) is 0 Å². The summed E-state index contributed by atoms with van der Waals surface area (Å²) in [5, 5.41) is 3.20. The fourth-order valence-corrected chi connectivity index (χ4v) is 3.53. The third-order valence-corrected chi connectivity index (χ3v) is 4.24. The van der Waals surface area contributed by atoms with Gasteiger partial charge >= 0.3 is 0 Å². The molecule has 2 amide bonds. The maximum absolute atomic E-state index is 12.7. The highest BCUT2D eigenvalue weighted by Crippen LogP contribution is 2.25. The molecule has 22 heavy (non-hydrogen) atoms. The van der Waals surface area contributed by atoms with Gasteiger partial charge in [-0.15, -0.1) is 12.4 Å². The van der Waals surface area contributed by atoms with Gasteiger partial charge in [0.1, 0.15) is 6.04 Å². The number of morpholine rings is 1. The Morgan fingerprint density at radius 2 is 2.05 bits per heavy atom. The van der Waals surface area contributed by atoms with Gasteiger partial charge in [0, 0.05) is 19.1 Å². The second kappa shape index (κ2) is 7.15. The number of hydrogen-bond donors (Lipinski definition) is 1. The van der Waals surface area contributed by atoms with E-state index in [1.54, 1.807) is 4.90 Å². The minimum absolute atomic E-state index is 0. The maximum atomic E-state index is 12.7. The van der Waals surface area contributed by atoms with Crippen molar-refractivity contribution in [3.8, 4) is 0 Å². The summed E-state index contributed by atoms with van der Waals surface area (Å²) in [4.78, 5) is 28.6. The van der Waals surface area contributed by atoms with Crippen LogP contribution in [0.1, 0.15) is 34.6 Å². The van der Waals surface area contributed by atoms with E-state index in [2.05, 4.69) is 5.32 Å². The van der Waals surface area contributed by atoms with Crippen molar-refractivity contribution in [2.45, 2.75) is 58.3 Å². The molecule has 0 aromatic heterocycles. The van der Waals surface area contributed by atoms with Gasteiger partial charge in [-0.2, -0.15) is 0 Å². The molecule has 0 aromatic carbocycles. The molecule has 0 bridgehead atoms. The van der Waals surface area contributed by atoms with E-state index in [-0.39, 0.29) is 54.5 Å². The molecule has 2 aliphatic rings. The minimum Gasteiger partial charge on any atom is -0.375 e. The van der Waals surface area contributed by atoms with Gasteiger partial charge in [-0.1, -0.05) is 0 Å². The lowest BCUT2D eigenvalue weighted by atomic mass is 9.95. The van der Waals surface area contributed by atoms with E-state index in [1.807, 2.05) is 39.5 Å². The molecule has 7 heteroatoms. The van der Waals surface area contributed by atoms with Crippen molar-refractivity contribution in [2.75, 3.05) is 26.2 Å². The largest absolute Gasteiger partial charge is 0.375 e. The lowest BCUT2D eigenvalue weighted by molar-refractivity contribution is -0.159. The van der Waals surface area contributed by atoms with Crippen LogP contribution in [0, 0.1) is 0 Å². The van der Waals surface area contributed by atoms with Gasteiger partial charge in [-0.25, -0.2) is 0 Å². The Hall–Kier alpha value is -0.850. The normalized spacial score (nSPS) is 28.5. The fourth-order valence-electron chi connectivity index (χ4n) is 3.53. The van der Waals surface area contributed by atoms with Crippen molar-refractivity contribution in [2.24, 2.45) is 0 Å². The van der Waals surface area contributed by atoms with Crippen LogP contribution in [0.2, 0.25) is 0 Å². The van der Waals surface area contributed by atoms with E-state index >= 15 is 0 Å². The highest BCUT2D eigenvalue weighted by molar-refractivity contribution is 5.89. The number of piperazine rings is 1. The molecule has 1 N–H and O–H groups in total. The molecule has 0 saturated carbocycles. The van der Waals surface area contributed by atoms with E-state index < -0.39 is 0 Å². The second-order valence-corrected chi connectivity index (χ2v) is 6.87. The zero-order chi connectivity index (χ0) is 15.8. The SMILES string of the molecule is CC(C)N1C(=O)CN(C(=O)[C@H]2NCCO[C@@H]2C)CC1(C)C.Cl. The topological polar surface area (TPSA) is 61.9 Å². The number of carbonyl (C=O) groups is 2. The Kier molecular flexibility index (Phi) is 6.24. The van der Waals surface area contributed by atoms with E-state index in [1.165, 1.54) is 0 Å². The number of nitrogens with zero attached hydrogens (tertiary/aromatic N) is 2. The van der Waals surface area contributed by atoms with Gasteiger partial charge in [-0.05, 0) is 34.6 Å². The predicted octanol–water partition coefficient (Wildman–Crippen LogP) is 0.643. The predicted molar refractivity (Wildman–Crippen MR) is 87.1 cm³/mol. The Bertz CT molecular complexity index is 428. The van der Waals surface area contributed by atoms with Gasteiger partial charge in [-0.3, -0.25) is 9.59 Å². The third-order valence-electron chi connectivity index (χ3n) is 4.24. The standard InChI is InChI=1S/C15H27N3O3.ClH/c1-10(2)18-12(19)8-17(9-15(18,4)5)14(20)13-11(3)21-7-6-16-13;/h10-11,13,16H,6-9H2,1-5H3;1H/t11-,13+;/m1./s1. The lowest BCUT2D eigenvalue weighted by Gasteiger charge is -2.49. The van der Waals surface area contributed by atoms with Crippen LogP contribution in [0.3, 0.4) is 0 Å². The van der Waals surface area contributed by atoms with E-state index in [0.29, 0.717) is 19.7 Å². The van der Waals surface area contributed by atoms with Crippen LogP contribution in [-0.4, -0.2) is 71.6 Å². The van der Waals surface area contributed by atoms with Crippen LogP contribution in [0.15, 0.2) is 0 Å². The van der Waals surface area contributed by atoms with E-state index in [4.69, 9.17) is 4.74 Å². The van der Waals surface area contributed by atoms with Crippen LogP contribution < -0.4 is 5.32 Å². The van der Waals surface area contributed by atoms with Crippen LogP contribution in [0.25, 0.3) is 0 Å². The Labute approximate surface area is 138 Å². The monoisotopic (exact) mass is 333 g/mol. The Morgan fingerprint density at radius 3 is 2.55 bits per heavy atom. The average Bonchev–Trinajstić information content (AvgIpc) is 2.36. The summed E-state index contributed by atoms with van der Waals surface area (Å²) in [6, 6.07) is -0.215. The molecule has 6 nitrogen and oxygen atoms in total. The lowest BCUT2D eigenvalue weighted by Crippen LogP contribution is -2.67. The summed E-state index contributed by atoms with van der Waals surface area (Å²) in [7, 11) is 0. The molecule has 0 unspecified atom stereocenters. The van der Waals surface area contributed by atoms with Crippen LogP contribution in [0.4, 0.5) is 0 Å². The van der Waals surface area contributed by atoms with Gasteiger partial charge in [0.25, 0.3) is 0 Å². The fraction of sp³-hybridized carbons (Fsp3) is 0.867. The van der Waals surface area contributed by atoms with Gasteiger partial charge in [0.2, 0.25) is 11.8 Å². The number of halogens is 1. The quantitative estimate of drug-likeness (QED) is 0.805. The zero-order valence-corrected chi connectivity index (χ0v) is 14.9. The molecule has 0 aliphatic carbocycles. The van der Waals surface area contributed by atoms with Crippen molar-refractivity contribution in [1.82, 2.24) is 15.1 Å². The highest BCUT2D eigenvalue weighted by atomic mass is 35.5. The van der Waals surface area contributed by atoms with E-state index in [0.717, 1.165) is 0 Å². The molecule has 2 saturated heterocycles. The number of hydrogen-bond acceptors (Lipinski definition) is 4. The smallest absolute Gasteiger partial charge is 0.242 e. The minimum atomic E-state index is -0.354. The number of carbonyl (C=O) groups excluding carboxylic acids is 2. The van der Waals surface area contributed by atoms with Crippen molar-refractivity contribution in [3.63, 3.8) is 0 Å². The molecule has 2 heterocycles. The number of rotatable bonds is 2. The number of ether oxygens (including phenoxy) is 1. The van der Waals surface area contributed by atoms with Gasteiger partial charge in [0.15, 0.2) is 0 Å². The molecule has 2 aliphatic heterocycles. The van der Waals surface area contributed by atoms with Gasteiger partial charge < -0.3 is 19.9 Å². The Morgan fingerprint density at radius 1 is 1.41 bits per heavy atom. The number of nitrogens with one attached hydrogen (secondary N) is 1. The molecule has 2 fully saturated rings. The molecular weight excluding hydrogens is 306 g/mol. The summed E-state index contributed by atoms with van der Waals surface area (Å²) in [6.07, 6.45) is -0.160. The maximum Gasteiger partial charge on any atom is 0.242 e. The molecular formula is C15H28ClN3O3. The average molecular weight is 334 g/mol. The molecule has 128 valence electrons. The van der Waals surface area contributed by atoms with Gasteiger partial charge in [0.05, 0.1) is 24.8 Å². The summed E-state index contributed by atoms with van der Waals surface area (Å²) in [5.74, 6) is -0.0222. The van der Waals surface area contributed by atoms with E-state index in [9.17, 15) is 9.59 Å². The Balaban J connectivity index is 0.00000242. The van der Waals surface area contributed by atoms with Crippen LogP contribution in [0.5, 0.6) is 0 Å². The summed E-state index contributed by atoms with van der Waals surface area (Å²) >= 11 is 0. The molecule has 0 aromatic rings. The van der Waals surface area contributed by atoms with Crippen molar-refractivity contribution < 1.29 is 14.3 Å². The molecule has 0 spiro atoms. The molecule has 2 atom stereocenters. The molecule has 2 rings (SSSR count). The highest BCUT2D eigenvalue weighted by Gasteiger charge is 2.43. The summed E-state index contributed by atoms with van der Waals surface area (Å²) in [5.41, 5.74) is -0.349. The first kappa shape index (κ1) is 19.2. The van der Waals surface area contributed by atoms with Crippen LogP contribution in [-0.2, 0) is 14.3 Å². The molecule has 0 radical (unpaired) electrons. The van der Waals surface area contributed by atoms with Crippen molar-refractivity contribution >= 4 is 24.2 Å². The van der Waals surface area contributed by atoms with Crippen LogP contribution >= 0.6 is 12.4 Å². The third kappa shape index (κ3) is 3.73. The zero-order valence-electron chi connectivity index (χ0n) is 14.1. The summed E-state index contributed by atoms with van der Waals surface area (Å²) in [6.45, 7) is 11.9. The second-order valence-electron chi connectivity index (χ2n) is 6.87. The summed E-state index contributed by atoms with van der Waals surface area (Å²) < 4.78 is 5.54. The number of amides is 2.